The Labute approximate surface area is 162 Å². The number of esters is 1. The van der Waals surface area contributed by atoms with E-state index < -0.39 is 42.8 Å². The number of aliphatic hydroxyl groups excluding tert-OH is 4. The number of aliphatic hydroxyl groups is 4. The maximum Gasteiger partial charge on any atom is 0.308 e. The Morgan fingerprint density at radius 1 is 0.926 bits per heavy atom. The van der Waals surface area contributed by atoms with Gasteiger partial charge in [-0.05, 0) is 6.42 Å². The zero-order valence-electron chi connectivity index (χ0n) is 16.8. The van der Waals surface area contributed by atoms with Crippen molar-refractivity contribution in [1.82, 2.24) is 0 Å². The average molecular weight is 391 g/mol. The Bertz CT molecular complexity index is 415. The molecule has 160 valence electrons. The average Bonchev–Trinajstić information content (AvgIpc) is 2.67. The third kappa shape index (κ3) is 7.31. The van der Waals surface area contributed by atoms with Crippen molar-refractivity contribution < 1.29 is 34.7 Å². The minimum Gasteiger partial charge on any atom is -0.430 e. The number of rotatable bonds is 13. The van der Waals surface area contributed by atoms with Gasteiger partial charge in [-0.1, -0.05) is 65.2 Å². The van der Waals surface area contributed by atoms with E-state index in [0.29, 0.717) is 6.42 Å². The van der Waals surface area contributed by atoms with E-state index in [1.54, 1.807) is 6.92 Å². The molecule has 0 aliphatic carbocycles. The van der Waals surface area contributed by atoms with Crippen molar-refractivity contribution in [1.29, 1.82) is 0 Å². The third-order valence-electron chi connectivity index (χ3n) is 5.30. The first-order valence-electron chi connectivity index (χ1n) is 10.5. The van der Waals surface area contributed by atoms with Crippen LogP contribution in [0.3, 0.4) is 0 Å². The van der Waals surface area contributed by atoms with Crippen molar-refractivity contribution in [3.63, 3.8) is 0 Å². The molecule has 1 unspecified atom stereocenters. The van der Waals surface area contributed by atoms with E-state index in [0.717, 1.165) is 12.8 Å². The Morgan fingerprint density at radius 3 is 2.00 bits per heavy atom. The Morgan fingerprint density at radius 2 is 1.48 bits per heavy atom. The fraction of sp³-hybridized carbons (Fsp3) is 0.950. The van der Waals surface area contributed by atoms with Gasteiger partial charge in [0.15, 0.2) is 0 Å². The molecule has 0 spiro atoms. The van der Waals surface area contributed by atoms with E-state index in [4.69, 9.17) is 9.47 Å². The number of ether oxygens (including phenoxy) is 2. The summed E-state index contributed by atoms with van der Waals surface area (Å²) < 4.78 is 10.8. The fourth-order valence-corrected chi connectivity index (χ4v) is 3.48. The molecule has 1 heterocycles. The van der Waals surface area contributed by atoms with Gasteiger partial charge in [-0.15, -0.1) is 0 Å². The minimum absolute atomic E-state index is 0.0952. The first-order valence-corrected chi connectivity index (χ1v) is 10.5. The summed E-state index contributed by atoms with van der Waals surface area (Å²) in [6.07, 6.45) is 4.80. The zero-order valence-corrected chi connectivity index (χ0v) is 16.8. The van der Waals surface area contributed by atoms with Gasteiger partial charge in [-0.25, -0.2) is 0 Å². The summed E-state index contributed by atoms with van der Waals surface area (Å²) in [6.45, 7) is 3.29. The van der Waals surface area contributed by atoms with Crippen LogP contribution >= 0.6 is 0 Å². The topological polar surface area (TPSA) is 116 Å². The van der Waals surface area contributed by atoms with E-state index >= 15 is 0 Å². The molecule has 1 saturated heterocycles. The SMILES string of the molecule is CCCCCCCCCCCC(=O)OC1(CC)O[C@H](CO)[C@@H](O)[C@H](O)[C@H]1O. The molecule has 0 aromatic carbocycles. The molecular formula is C20H38O7. The van der Waals surface area contributed by atoms with Crippen LogP contribution in [-0.4, -0.2) is 63.2 Å². The molecule has 0 aromatic heterocycles. The lowest BCUT2D eigenvalue weighted by atomic mass is 9.91. The second-order valence-electron chi connectivity index (χ2n) is 7.48. The summed E-state index contributed by atoms with van der Waals surface area (Å²) in [7, 11) is 0. The van der Waals surface area contributed by atoms with Gasteiger partial charge in [0.1, 0.15) is 24.4 Å². The van der Waals surface area contributed by atoms with Gasteiger partial charge in [-0.3, -0.25) is 4.79 Å². The summed E-state index contributed by atoms with van der Waals surface area (Å²) in [4.78, 5) is 12.2. The van der Waals surface area contributed by atoms with Crippen LogP contribution in [0.4, 0.5) is 0 Å². The highest BCUT2D eigenvalue weighted by molar-refractivity contribution is 5.69. The Balaban J connectivity index is 2.36. The van der Waals surface area contributed by atoms with E-state index in [-0.39, 0.29) is 12.8 Å². The van der Waals surface area contributed by atoms with Crippen LogP contribution in [0.1, 0.15) is 84.5 Å². The van der Waals surface area contributed by atoms with Crippen molar-refractivity contribution >= 4 is 5.97 Å². The highest BCUT2D eigenvalue weighted by atomic mass is 16.7. The van der Waals surface area contributed by atoms with Gasteiger partial charge in [0.2, 0.25) is 5.79 Å². The van der Waals surface area contributed by atoms with Gasteiger partial charge in [0, 0.05) is 12.8 Å². The minimum atomic E-state index is -1.75. The second kappa shape index (κ2) is 12.7. The summed E-state index contributed by atoms with van der Waals surface area (Å²) >= 11 is 0. The lowest BCUT2D eigenvalue weighted by Crippen LogP contribution is -2.66. The Hall–Kier alpha value is -0.730. The van der Waals surface area contributed by atoms with Gasteiger partial charge in [-0.2, -0.15) is 0 Å². The Kier molecular flexibility index (Phi) is 11.4. The third-order valence-corrected chi connectivity index (χ3v) is 5.30. The molecule has 1 rings (SSSR count). The molecular weight excluding hydrogens is 352 g/mol. The van der Waals surface area contributed by atoms with Crippen molar-refractivity contribution in [3.8, 4) is 0 Å². The number of hydrogen-bond donors (Lipinski definition) is 4. The predicted molar refractivity (Wildman–Crippen MR) is 101 cm³/mol. The van der Waals surface area contributed by atoms with Gasteiger partial charge < -0.3 is 29.9 Å². The molecule has 27 heavy (non-hydrogen) atoms. The van der Waals surface area contributed by atoms with Crippen molar-refractivity contribution in [2.45, 2.75) is 115 Å². The molecule has 0 aromatic rings. The quantitative estimate of drug-likeness (QED) is 0.281. The van der Waals surface area contributed by atoms with Crippen molar-refractivity contribution in [3.05, 3.63) is 0 Å². The standard InChI is InChI=1S/C20H38O7/c1-3-5-6-7-8-9-10-11-12-13-16(22)27-20(4-2)19(25)18(24)17(23)15(14-21)26-20/h15,17-19,21,23-25H,3-14H2,1-2H3/t15-,17-,18+,19-,20?/m1/s1. The maximum absolute atomic E-state index is 12.2. The first-order chi connectivity index (χ1) is 12.9. The van der Waals surface area contributed by atoms with E-state index in [2.05, 4.69) is 6.92 Å². The van der Waals surface area contributed by atoms with Crippen LogP contribution in [0, 0.1) is 0 Å². The van der Waals surface area contributed by atoms with Crippen LogP contribution in [0.15, 0.2) is 0 Å². The summed E-state index contributed by atoms with van der Waals surface area (Å²) in [5, 5.41) is 39.4. The lowest BCUT2D eigenvalue weighted by Gasteiger charge is -2.47. The number of carbonyl (C=O) groups is 1. The highest BCUT2D eigenvalue weighted by Gasteiger charge is 2.55. The monoisotopic (exact) mass is 390 g/mol. The second-order valence-corrected chi connectivity index (χ2v) is 7.48. The van der Waals surface area contributed by atoms with Crippen LogP contribution in [0.25, 0.3) is 0 Å². The van der Waals surface area contributed by atoms with Crippen molar-refractivity contribution in [2.24, 2.45) is 0 Å². The molecule has 4 N–H and O–H groups in total. The molecule has 0 bridgehead atoms. The molecule has 1 fully saturated rings. The van der Waals surface area contributed by atoms with Gasteiger partial charge in [0.25, 0.3) is 0 Å². The highest BCUT2D eigenvalue weighted by Crippen LogP contribution is 2.34. The molecule has 0 saturated carbocycles. The molecule has 0 amide bonds. The van der Waals surface area contributed by atoms with Gasteiger partial charge in [0.05, 0.1) is 6.61 Å². The molecule has 7 heteroatoms. The predicted octanol–water partition coefficient (Wildman–Crippen LogP) is 2.03. The van der Waals surface area contributed by atoms with E-state index in [1.165, 1.54) is 38.5 Å². The summed E-state index contributed by atoms with van der Waals surface area (Å²) in [5.74, 6) is -2.26. The molecule has 5 atom stereocenters. The van der Waals surface area contributed by atoms with Crippen molar-refractivity contribution in [2.75, 3.05) is 6.61 Å². The summed E-state index contributed by atoms with van der Waals surface area (Å²) in [6, 6.07) is 0. The molecule has 0 radical (unpaired) electrons. The summed E-state index contributed by atoms with van der Waals surface area (Å²) in [5.41, 5.74) is 0. The lowest BCUT2D eigenvalue weighted by molar-refractivity contribution is -0.352. The fourth-order valence-electron chi connectivity index (χ4n) is 3.48. The number of carbonyl (C=O) groups excluding carboxylic acids is 1. The van der Waals surface area contributed by atoms with E-state index in [9.17, 15) is 25.2 Å². The number of hydrogen-bond acceptors (Lipinski definition) is 7. The molecule has 7 nitrogen and oxygen atoms in total. The van der Waals surface area contributed by atoms with Crippen LogP contribution in [-0.2, 0) is 14.3 Å². The number of unbranched alkanes of at least 4 members (excludes halogenated alkanes) is 8. The molecule has 1 aliphatic heterocycles. The largest absolute Gasteiger partial charge is 0.430 e. The van der Waals surface area contributed by atoms with Crippen LogP contribution < -0.4 is 0 Å². The van der Waals surface area contributed by atoms with Crippen LogP contribution in [0.2, 0.25) is 0 Å². The smallest absolute Gasteiger partial charge is 0.308 e. The molecule has 1 aliphatic rings. The normalized spacial score (nSPS) is 31.0. The zero-order chi connectivity index (χ0) is 20.3. The van der Waals surface area contributed by atoms with E-state index in [1.807, 2.05) is 0 Å². The van der Waals surface area contributed by atoms with Gasteiger partial charge >= 0.3 is 5.97 Å². The maximum atomic E-state index is 12.2. The van der Waals surface area contributed by atoms with Crippen LogP contribution in [0.5, 0.6) is 0 Å². The first kappa shape index (κ1) is 24.3.